The lowest BCUT2D eigenvalue weighted by atomic mass is 9.84. The zero-order valence-corrected chi connectivity index (χ0v) is 15.8. The van der Waals surface area contributed by atoms with Gasteiger partial charge in [-0.15, -0.1) is 0 Å². The number of hydrogen-bond acceptors (Lipinski definition) is 3. The second kappa shape index (κ2) is 7.56. The summed E-state index contributed by atoms with van der Waals surface area (Å²) in [5, 5.41) is 7.89. The lowest BCUT2D eigenvalue weighted by Gasteiger charge is -2.28. The first-order valence-electron chi connectivity index (χ1n) is 8.99. The molecule has 134 valence electrons. The van der Waals surface area contributed by atoms with E-state index < -0.39 is 0 Å². The summed E-state index contributed by atoms with van der Waals surface area (Å²) in [5.41, 5.74) is 2.15. The van der Waals surface area contributed by atoms with Crippen molar-refractivity contribution in [3.05, 3.63) is 40.3 Å². The van der Waals surface area contributed by atoms with Crippen LogP contribution in [0.15, 0.2) is 18.2 Å². The van der Waals surface area contributed by atoms with Crippen LogP contribution in [0, 0.1) is 19.8 Å². The van der Waals surface area contributed by atoms with Gasteiger partial charge in [0.15, 0.2) is 5.82 Å². The van der Waals surface area contributed by atoms with Gasteiger partial charge >= 0.3 is 0 Å². The van der Waals surface area contributed by atoms with E-state index in [1.165, 1.54) is 19.3 Å². The average molecular weight is 361 g/mol. The third-order valence-electron chi connectivity index (χ3n) is 5.03. The molecule has 1 amide bonds. The van der Waals surface area contributed by atoms with E-state index in [1.807, 2.05) is 19.9 Å². The molecule has 1 fully saturated rings. The van der Waals surface area contributed by atoms with Gasteiger partial charge in [-0.05, 0) is 63.6 Å². The Morgan fingerprint density at radius 3 is 2.60 bits per heavy atom. The van der Waals surface area contributed by atoms with Crippen LogP contribution in [-0.2, 0) is 0 Å². The van der Waals surface area contributed by atoms with Crippen molar-refractivity contribution in [3.8, 4) is 5.82 Å². The van der Waals surface area contributed by atoms with Gasteiger partial charge in [0.2, 0.25) is 0 Å². The maximum absolute atomic E-state index is 12.7. The second-order valence-corrected chi connectivity index (χ2v) is 7.35. The topological polar surface area (TPSA) is 59.8 Å². The molecule has 5 nitrogen and oxygen atoms in total. The number of halogens is 1. The molecule has 0 aliphatic heterocycles. The first kappa shape index (κ1) is 17.9. The number of nitrogens with zero attached hydrogens (tertiary/aromatic N) is 3. The summed E-state index contributed by atoms with van der Waals surface area (Å²) < 4.78 is 1.73. The zero-order valence-electron chi connectivity index (χ0n) is 15.1. The van der Waals surface area contributed by atoms with Crippen molar-refractivity contribution >= 4 is 17.5 Å². The normalized spacial score (nSPS) is 20.5. The standard InChI is InChI=1S/C19H25ClN4O/c1-4-14-5-7-15(8-6-14)21-19(25)18-16(20)9-10-17(22-18)24-13(3)11-12(2)23-24/h9-11,14-15H,4-8H2,1-3H3,(H,21,25). The second-order valence-electron chi connectivity index (χ2n) is 6.94. The van der Waals surface area contributed by atoms with Gasteiger partial charge < -0.3 is 5.32 Å². The molecule has 3 rings (SSSR count). The maximum atomic E-state index is 12.7. The molecule has 1 aliphatic rings. The first-order chi connectivity index (χ1) is 12.0. The number of rotatable bonds is 4. The van der Waals surface area contributed by atoms with Gasteiger partial charge in [-0.3, -0.25) is 4.79 Å². The molecule has 1 saturated carbocycles. The summed E-state index contributed by atoms with van der Waals surface area (Å²) >= 11 is 6.23. The van der Waals surface area contributed by atoms with E-state index in [0.717, 1.165) is 30.1 Å². The monoisotopic (exact) mass is 360 g/mol. The van der Waals surface area contributed by atoms with Crippen LogP contribution < -0.4 is 5.32 Å². The Labute approximate surface area is 153 Å². The van der Waals surface area contributed by atoms with Gasteiger partial charge in [0.05, 0.1) is 10.7 Å². The highest BCUT2D eigenvalue weighted by molar-refractivity contribution is 6.33. The number of carbonyl (C=O) groups excluding carboxylic acids is 1. The van der Waals surface area contributed by atoms with Gasteiger partial charge in [-0.1, -0.05) is 24.9 Å². The molecule has 0 saturated heterocycles. The molecule has 25 heavy (non-hydrogen) atoms. The number of amides is 1. The van der Waals surface area contributed by atoms with E-state index in [2.05, 4.69) is 22.3 Å². The fourth-order valence-corrected chi connectivity index (χ4v) is 3.73. The third kappa shape index (κ3) is 4.03. The SMILES string of the molecule is CCC1CCC(NC(=O)c2nc(-n3nc(C)cc3C)ccc2Cl)CC1. The van der Waals surface area contributed by atoms with Crippen LogP contribution in [0.5, 0.6) is 0 Å². The fraction of sp³-hybridized carbons (Fsp3) is 0.526. The van der Waals surface area contributed by atoms with E-state index in [1.54, 1.807) is 16.8 Å². The Kier molecular flexibility index (Phi) is 5.42. The van der Waals surface area contributed by atoms with Crippen molar-refractivity contribution in [3.63, 3.8) is 0 Å². The van der Waals surface area contributed by atoms with Crippen LogP contribution in [0.3, 0.4) is 0 Å². The van der Waals surface area contributed by atoms with Crippen LogP contribution in [0.2, 0.25) is 5.02 Å². The highest BCUT2D eigenvalue weighted by Gasteiger charge is 2.23. The Hall–Kier alpha value is -1.88. The summed E-state index contributed by atoms with van der Waals surface area (Å²) in [6.07, 6.45) is 5.62. The molecule has 2 aromatic heterocycles. The van der Waals surface area contributed by atoms with Crippen molar-refractivity contribution in [2.75, 3.05) is 0 Å². The Morgan fingerprint density at radius 1 is 1.28 bits per heavy atom. The fourth-order valence-electron chi connectivity index (χ4n) is 3.54. The molecule has 6 heteroatoms. The highest BCUT2D eigenvalue weighted by Crippen LogP contribution is 2.27. The molecule has 0 unspecified atom stereocenters. The van der Waals surface area contributed by atoms with Crippen LogP contribution in [0.1, 0.15) is 60.9 Å². The molecule has 0 bridgehead atoms. The van der Waals surface area contributed by atoms with E-state index >= 15 is 0 Å². The summed E-state index contributed by atoms with van der Waals surface area (Å²) in [6, 6.07) is 5.68. The number of pyridine rings is 1. The van der Waals surface area contributed by atoms with E-state index in [0.29, 0.717) is 10.8 Å². The first-order valence-corrected chi connectivity index (χ1v) is 9.36. The zero-order chi connectivity index (χ0) is 18.0. The van der Waals surface area contributed by atoms with Gasteiger partial charge in [0.25, 0.3) is 5.91 Å². The Morgan fingerprint density at radius 2 is 2.00 bits per heavy atom. The third-order valence-corrected chi connectivity index (χ3v) is 5.34. The van der Waals surface area contributed by atoms with Crippen LogP contribution in [0.4, 0.5) is 0 Å². The molecule has 0 atom stereocenters. The van der Waals surface area contributed by atoms with E-state index in [9.17, 15) is 4.79 Å². The Balaban J connectivity index is 1.76. The summed E-state index contributed by atoms with van der Waals surface area (Å²) in [7, 11) is 0. The van der Waals surface area contributed by atoms with Crippen molar-refractivity contribution in [1.29, 1.82) is 0 Å². The number of hydrogen-bond donors (Lipinski definition) is 1. The number of aryl methyl sites for hydroxylation is 2. The molecule has 0 spiro atoms. The van der Waals surface area contributed by atoms with Gasteiger partial charge in [-0.2, -0.15) is 5.10 Å². The predicted molar refractivity (Wildman–Crippen MR) is 99.3 cm³/mol. The lowest BCUT2D eigenvalue weighted by molar-refractivity contribution is 0.0916. The van der Waals surface area contributed by atoms with Crippen LogP contribution >= 0.6 is 11.6 Å². The van der Waals surface area contributed by atoms with Gasteiger partial charge in [0.1, 0.15) is 5.69 Å². The van der Waals surface area contributed by atoms with Gasteiger partial charge in [-0.25, -0.2) is 9.67 Å². The molecule has 2 aromatic rings. The minimum atomic E-state index is -0.201. The number of carbonyl (C=O) groups is 1. The molecule has 1 N–H and O–H groups in total. The molecule has 1 aliphatic carbocycles. The lowest BCUT2D eigenvalue weighted by Crippen LogP contribution is -2.38. The molecule has 0 aromatic carbocycles. The quantitative estimate of drug-likeness (QED) is 0.887. The van der Waals surface area contributed by atoms with Crippen molar-refractivity contribution in [1.82, 2.24) is 20.1 Å². The molecule has 2 heterocycles. The highest BCUT2D eigenvalue weighted by atomic mass is 35.5. The van der Waals surface area contributed by atoms with Crippen molar-refractivity contribution in [2.24, 2.45) is 5.92 Å². The summed E-state index contributed by atoms with van der Waals surface area (Å²) in [6.45, 7) is 6.12. The maximum Gasteiger partial charge on any atom is 0.271 e. The van der Waals surface area contributed by atoms with E-state index in [4.69, 9.17) is 11.6 Å². The van der Waals surface area contributed by atoms with Crippen LogP contribution in [-0.4, -0.2) is 26.7 Å². The molecular weight excluding hydrogens is 336 g/mol. The van der Waals surface area contributed by atoms with Crippen molar-refractivity contribution in [2.45, 2.75) is 58.9 Å². The summed E-state index contributed by atoms with van der Waals surface area (Å²) in [5.74, 6) is 1.20. The van der Waals surface area contributed by atoms with E-state index in [-0.39, 0.29) is 17.6 Å². The number of nitrogens with one attached hydrogen (secondary N) is 1. The molecular formula is C19H25ClN4O. The summed E-state index contributed by atoms with van der Waals surface area (Å²) in [4.78, 5) is 17.1. The minimum absolute atomic E-state index is 0.201. The largest absolute Gasteiger partial charge is 0.348 e. The van der Waals surface area contributed by atoms with Crippen LogP contribution in [0.25, 0.3) is 5.82 Å². The van der Waals surface area contributed by atoms with Crippen molar-refractivity contribution < 1.29 is 4.79 Å². The van der Waals surface area contributed by atoms with Gasteiger partial charge in [0, 0.05) is 11.7 Å². The minimum Gasteiger partial charge on any atom is -0.348 e. The Bertz CT molecular complexity index is 763. The number of aromatic nitrogens is 3. The average Bonchev–Trinajstić information content (AvgIpc) is 2.94. The smallest absolute Gasteiger partial charge is 0.271 e. The predicted octanol–water partition coefficient (Wildman–Crippen LogP) is 4.24. The molecule has 0 radical (unpaired) electrons.